The van der Waals surface area contributed by atoms with Gasteiger partial charge in [0, 0.05) is 22.8 Å². The summed E-state index contributed by atoms with van der Waals surface area (Å²) in [6, 6.07) is 16.6. The average Bonchev–Trinajstić information content (AvgIpc) is 3.13. The number of hydrogen-bond acceptors (Lipinski definition) is 4. The molecule has 35 heavy (non-hydrogen) atoms. The fourth-order valence-corrected chi connectivity index (χ4v) is 5.18. The van der Waals surface area contributed by atoms with Crippen LogP contribution in [0.25, 0.3) is 10.9 Å². The van der Waals surface area contributed by atoms with Gasteiger partial charge in [-0.3, -0.25) is 4.79 Å². The van der Waals surface area contributed by atoms with Crippen molar-refractivity contribution in [3.63, 3.8) is 0 Å². The van der Waals surface area contributed by atoms with Crippen molar-refractivity contribution in [1.29, 1.82) is 0 Å². The molecule has 1 amide bonds. The Morgan fingerprint density at radius 2 is 1.69 bits per heavy atom. The van der Waals surface area contributed by atoms with Gasteiger partial charge in [-0.05, 0) is 48.0 Å². The molecule has 0 saturated heterocycles. The van der Waals surface area contributed by atoms with E-state index in [4.69, 9.17) is 0 Å². The van der Waals surface area contributed by atoms with E-state index in [1.165, 1.54) is 41.1 Å². The summed E-state index contributed by atoms with van der Waals surface area (Å²) in [6.07, 6.45) is -3.48. The van der Waals surface area contributed by atoms with Gasteiger partial charge in [0.2, 0.25) is 5.91 Å². The molecule has 4 rings (SSSR count). The van der Waals surface area contributed by atoms with Crippen molar-refractivity contribution in [2.45, 2.75) is 23.6 Å². The Kier molecular flexibility index (Phi) is 6.53. The van der Waals surface area contributed by atoms with Crippen LogP contribution in [0.2, 0.25) is 0 Å². The molecule has 0 aliphatic heterocycles. The number of ether oxygens (including phenoxy) is 1. The van der Waals surface area contributed by atoms with Crippen molar-refractivity contribution in [3.05, 3.63) is 90.4 Å². The Hall–Kier alpha value is -3.86. The lowest BCUT2D eigenvalue weighted by Crippen LogP contribution is -2.19. The molecule has 1 N–H and O–H groups in total. The normalized spacial score (nSPS) is 12.0. The molecule has 11 heteroatoms. The van der Waals surface area contributed by atoms with Crippen molar-refractivity contribution in [2.75, 3.05) is 5.32 Å². The number of carbonyl (C=O) groups is 1. The maximum Gasteiger partial charge on any atom is 0.573 e. The molecule has 0 aliphatic rings. The zero-order valence-corrected chi connectivity index (χ0v) is 18.7. The van der Waals surface area contributed by atoms with Crippen LogP contribution in [0.1, 0.15) is 5.56 Å². The van der Waals surface area contributed by atoms with Gasteiger partial charge in [-0.1, -0.05) is 30.3 Å². The Balaban J connectivity index is 1.55. The number of amides is 1. The molecule has 0 spiro atoms. The lowest BCUT2D eigenvalue weighted by Gasteiger charge is -2.10. The van der Waals surface area contributed by atoms with Crippen LogP contribution in [0, 0.1) is 5.82 Å². The van der Waals surface area contributed by atoms with Gasteiger partial charge in [-0.25, -0.2) is 12.8 Å². The van der Waals surface area contributed by atoms with E-state index in [0.717, 1.165) is 18.2 Å². The molecule has 1 aromatic heterocycles. The van der Waals surface area contributed by atoms with Gasteiger partial charge < -0.3 is 14.6 Å². The molecular weight excluding hydrogens is 488 g/mol. The van der Waals surface area contributed by atoms with Crippen LogP contribution in [-0.4, -0.2) is 25.3 Å². The standard InChI is InChI=1S/C24H18F4N2O4S/c25-17-5-3-4-16(12-17)15-35(32,33)22-13-30(21-7-2-1-6-20(21)22)14-23(31)29-18-8-10-19(11-9-18)34-24(26,27)28/h1-13H,14-15H2,(H,29,31). The first-order chi connectivity index (χ1) is 16.5. The highest BCUT2D eigenvalue weighted by Gasteiger charge is 2.31. The third-order valence-corrected chi connectivity index (χ3v) is 6.73. The van der Waals surface area contributed by atoms with Crippen LogP contribution in [0.3, 0.4) is 0 Å². The quantitative estimate of drug-likeness (QED) is 0.346. The van der Waals surface area contributed by atoms with Crippen molar-refractivity contribution in [3.8, 4) is 5.75 Å². The van der Waals surface area contributed by atoms with Crippen LogP contribution in [-0.2, 0) is 26.9 Å². The Morgan fingerprint density at radius 3 is 2.37 bits per heavy atom. The van der Waals surface area contributed by atoms with E-state index in [2.05, 4.69) is 10.1 Å². The summed E-state index contributed by atoms with van der Waals surface area (Å²) < 4.78 is 81.9. The van der Waals surface area contributed by atoms with Crippen molar-refractivity contribution in [2.24, 2.45) is 0 Å². The molecule has 0 radical (unpaired) electrons. The highest BCUT2D eigenvalue weighted by atomic mass is 32.2. The Morgan fingerprint density at radius 1 is 0.971 bits per heavy atom. The molecule has 182 valence electrons. The van der Waals surface area contributed by atoms with Gasteiger partial charge in [0.15, 0.2) is 9.84 Å². The number of hydrogen-bond donors (Lipinski definition) is 1. The third-order valence-electron chi connectivity index (χ3n) is 5.02. The maximum atomic E-state index is 13.5. The summed E-state index contributed by atoms with van der Waals surface area (Å²) >= 11 is 0. The monoisotopic (exact) mass is 506 g/mol. The highest BCUT2D eigenvalue weighted by Crippen LogP contribution is 2.29. The number of fused-ring (bicyclic) bond motifs is 1. The van der Waals surface area contributed by atoms with E-state index in [1.807, 2.05) is 0 Å². The first-order valence-corrected chi connectivity index (χ1v) is 11.9. The van der Waals surface area contributed by atoms with Crippen molar-refractivity contribution in [1.82, 2.24) is 4.57 Å². The number of aromatic nitrogens is 1. The minimum absolute atomic E-state index is 0.00110. The third kappa shape index (κ3) is 5.99. The van der Waals surface area contributed by atoms with E-state index >= 15 is 0 Å². The second kappa shape index (κ2) is 9.41. The summed E-state index contributed by atoms with van der Waals surface area (Å²) in [4.78, 5) is 12.6. The second-order valence-electron chi connectivity index (χ2n) is 7.65. The van der Waals surface area contributed by atoms with E-state index in [-0.39, 0.29) is 22.7 Å². The second-order valence-corrected chi connectivity index (χ2v) is 9.61. The summed E-state index contributed by atoms with van der Waals surface area (Å²) in [5.74, 6) is -1.92. The number of halogens is 4. The number of para-hydroxylation sites is 1. The lowest BCUT2D eigenvalue weighted by atomic mass is 10.2. The van der Waals surface area contributed by atoms with E-state index in [0.29, 0.717) is 10.9 Å². The minimum Gasteiger partial charge on any atom is -0.406 e. The molecule has 6 nitrogen and oxygen atoms in total. The number of benzene rings is 3. The molecule has 3 aromatic carbocycles. The Labute approximate surface area is 197 Å². The predicted octanol–water partition coefficient (Wildman–Crippen LogP) is 5.29. The van der Waals surface area contributed by atoms with Crippen LogP contribution in [0.15, 0.2) is 83.9 Å². The topological polar surface area (TPSA) is 77.4 Å². The number of nitrogens with zero attached hydrogens (tertiary/aromatic N) is 1. The summed E-state index contributed by atoms with van der Waals surface area (Å²) in [5.41, 5.74) is 1.02. The molecule has 0 fully saturated rings. The van der Waals surface area contributed by atoms with Gasteiger partial charge in [-0.2, -0.15) is 0 Å². The highest BCUT2D eigenvalue weighted by molar-refractivity contribution is 7.90. The molecule has 4 aromatic rings. The fraction of sp³-hybridized carbons (Fsp3) is 0.125. The largest absolute Gasteiger partial charge is 0.573 e. The molecule has 0 atom stereocenters. The fourth-order valence-electron chi connectivity index (χ4n) is 3.61. The van der Waals surface area contributed by atoms with Gasteiger partial charge in [-0.15, -0.1) is 13.2 Å². The van der Waals surface area contributed by atoms with Gasteiger partial charge in [0.25, 0.3) is 0 Å². The number of nitrogens with one attached hydrogen (secondary N) is 1. The van der Waals surface area contributed by atoms with E-state index in [9.17, 15) is 30.8 Å². The smallest absolute Gasteiger partial charge is 0.406 e. The molecular formula is C24H18F4N2O4S. The van der Waals surface area contributed by atoms with Gasteiger partial charge in [0.1, 0.15) is 18.1 Å². The zero-order chi connectivity index (χ0) is 25.2. The van der Waals surface area contributed by atoms with Crippen LogP contribution in [0.5, 0.6) is 5.75 Å². The number of sulfone groups is 1. The van der Waals surface area contributed by atoms with Crippen molar-refractivity contribution < 1.29 is 35.5 Å². The minimum atomic E-state index is -4.83. The number of carbonyl (C=O) groups excluding carboxylic acids is 1. The number of anilines is 1. The average molecular weight is 506 g/mol. The molecule has 0 saturated carbocycles. The van der Waals surface area contributed by atoms with Crippen LogP contribution >= 0.6 is 0 Å². The molecule has 0 bridgehead atoms. The SMILES string of the molecule is O=C(Cn1cc(S(=O)(=O)Cc2cccc(F)c2)c2ccccc21)Nc1ccc(OC(F)(F)F)cc1. The molecule has 0 unspecified atom stereocenters. The number of rotatable bonds is 7. The van der Waals surface area contributed by atoms with Gasteiger partial charge in [0.05, 0.1) is 10.6 Å². The zero-order valence-electron chi connectivity index (χ0n) is 17.9. The summed E-state index contributed by atoms with van der Waals surface area (Å²) in [5, 5.41) is 2.96. The van der Waals surface area contributed by atoms with Crippen molar-refractivity contribution >= 4 is 32.3 Å². The maximum absolute atomic E-state index is 13.5. The molecule has 0 aliphatic carbocycles. The van der Waals surface area contributed by atoms with Gasteiger partial charge >= 0.3 is 6.36 Å². The van der Waals surface area contributed by atoms with Crippen LogP contribution < -0.4 is 10.1 Å². The first-order valence-electron chi connectivity index (χ1n) is 10.2. The Bertz CT molecular complexity index is 1480. The molecule has 1 heterocycles. The van der Waals surface area contributed by atoms with Crippen LogP contribution in [0.4, 0.5) is 23.2 Å². The first kappa shape index (κ1) is 24.3. The summed E-state index contributed by atoms with van der Waals surface area (Å²) in [7, 11) is -3.88. The van der Waals surface area contributed by atoms with E-state index < -0.39 is 39.4 Å². The number of alkyl halides is 3. The predicted molar refractivity (Wildman–Crippen MR) is 121 cm³/mol. The summed E-state index contributed by atoms with van der Waals surface area (Å²) in [6.45, 7) is -0.253. The van der Waals surface area contributed by atoms with E-state index in [1.54, 1.807) is 24.3 Å². The lowest BCUT2D eigenvalue weighted by molar-refractivity contribution is -0.274.